The summed E-state index contributed by atoms with van der Waals surface area (Å²) in [5.74, 6) is 1.41. The van der Waals surface area contributed by atoms with Crippen molar-refractivity contribution in [1.29, 1.82) is 0 Å². The highest BCUT2D eigenvalue weighted by Gasteiger charge is 2.24. The maximum Gasteiger partial charge on any atom is 0.132 e. The average Bonchev–Trinajstić information content (AvgIpc) is 2.73. The standard InChI is InChI=1S/C19H23NOS.ClH/c1-20-10-9-15-11-19(22-3)18(21-2)12-16(15)17(13-20)14-7-5-4-6-8-14;/h4-8,11-12,17H,9-10,13H2,1-3H3;1H. The number of thioether (sulfide) groups is 1. The van der Waals surface area contributed by atoms with Crippen LogP contribution in [0.25, 0.3) is 0 Å². The lowest BCUT2D eigenvalue weighted by Gasteiger charge is -2.23. The first-order valence-electron chi connectivity index (χ1n) is 7.71. The molecule has 1 unspecified atom stereocenters. The van der Waals surface area contributed by atoms with Gasteiger partial charge in [-0.2, -0.15) is 0 Å². The quantitative estimate of drug-likeness (QED) is 0.759. The van der Waals surface area contributed by atoms with Crippen LogP contribution in [0.1, 0.15) is 22.6 Å². The molecule has 0 spiro atoms. The third-order valence-corrected chi connectivity index (χ3v) is 5.24. The third kappa shape index (κ3) is 3.85. The molecule has 2 aromatic rings. The van der Waals surface area contributed by atoms with Gasteiger partial charge in [0.25, 0.3) is 0 Å². The Morgan fingerprint density at radius 3 is 2.57 bits per heavy atom. The monoisotopic (exact) mass is 349 g/mol. The number of fused-ring (bicyclic) bond motifs is 1. The summed E-state index contributed by atoms with van der Waals surface area (Å²) in [6.07, 6.45) is 3.22. The molecule has 0 fully saturated rings. The highest BCUT2D eigenvalue weighted by molar-refractivity contribution is 7.98. The lowest BCUT2D eigenvalue weighted by atomic mass is 9.88. The zero-order valence-corrected chi connectivity index (χ0v) is 15.5. The second-order valence-corrected chi connectivity index (χ2v) is 6.73. The van der Waals surface area contributed by atoms with Crippen LogP contribution in [-0.2, 0) is 6.42 Å². The van der Waals surface area contributed by atoms with Gasteiger partial charge < -0.3 is 9.64 Å². The molecule has 0 aromatic heterocycles. The van der Waals surface area contributed by atoms with E-state index in [1.165, 1.54) is 21.6 Å². The Morgan fingerprint density at radius 2 is 1.91 bits per heavy atom. The Kier molecular flexibility index (Phi) is 6.40. The number of ether oxygens (including phenoxy) is 1. The fourth-order valence-electron chi connectivity index (χ4n) is 3.26. The first kappa shape index (κ1) is 18.2. The van der Waals surface area contributed by atoms with Crippen LogP contribution in [0.4, 0.5) is 0 Å². The van der Waals surface area contributed by atoms with Crippen LogP contribution < -0.4 is 4.74 Å². The summed E-state index contributed by atoms with van der Waals surface area (Å²) in [6, 6.07) is 15.4. The van der Waals surface area contributed by atoms with Gasteiger partial charge in [-0.1, -0.05) is 30.3 Å². The van der Waals surface area contributed by atoms with E-state index in [4.69, 9.17) is 4.74 Å². The van der Waals surface area contributed by atoms with Gasteiger partial charge in [-0.25, -0.2) is 0 Å². The number of methoxy groups -OCH3 is 1. The van der Waals surface area contributed by atoms with E-state index in [1.54, 1.807) is 18.9 Å². The fraction of sp³-hybridized carbons (Fsp3) is 0.368. The second kappa shape index (κ2) is 8.09. The van der Waals surface area contributed by atoms with Crippen molar-refractivity contribution < 1.29 is 4.74 Å². The van der Waals surface area contributed by atoms with Gasteiger partial charge in [-0.05, 0) is 48.5 Å². The number of nitrogens with zero attached hydrogens (tertiary/aromatic N) is 1. The van der Waals surface area contributed by atoms with Crippen LogP contribution in [-0.4, -0.2) is 38.4 Å². The molecule has 0 amide bonds. The summed E-state index contributed by atoms with van der Waals surface area (Å²) >= 11 is 1.76. The topological polar surface area (TPSA) is 12.5 Å². The van der Waals surface area contributed by atoms with Gasteiger partial charge in [-0.15, -0.1) is 24.2 Å². The maximum absolute atomic E-state index is 5.62. The van der Waals surface area contributed by atoms with Crippen molar-refractivity contribution in [2.45, 2.75) is 17.2 Å². The summed E-state index contributed by atoms with van der Waals surface area (Å²) in [7, 11) is 3.98. The Hall–Kier alpha value is -1.16. The lowest BCUT2D eigenvalue weighted by Crippen LogP contribution is -2.24. The molecule has 23 heavy (non-hydrogen) atoms. The molecule has 1 aliphatic rings. The van der Waals surface area contributed by atoms with E-state index < -0.39 is 0 Å². The van der Waals surface area contributed by atoms with Gasteiger partial charge in [0.2, 0.25) is 0 Å². The molecule has 3 rings (SSSR count). The molecule has 1 atom stereocenters. The minimum Gasteiger partial charge on any atom is -0.496 e. The molecule has 0 saturated heterocycles. The number of halogens is 1. The number of benzene rings is 2. The Labute approximate surface area is 149 Å². The van der Waals surface area contributed by atoms with E-state index in [2.05, 4.69) is 60.7 Å². The number of hydrogen-bond acceptors (Lipinski definition) is 3. The van der Waals surface area contributed by atoms with E-state index in [0.717, 1.165) is 25.3 Å². The van der Waals surface area contributed by atoms with Crippen LogP contribution >= 0.6 is 24.2 Å². The van der Waals surface area contributed by atoms with Crippen LogP contribution in [0.3, 0.4) is 0 Å². The van der Waals surface area contributed by atoms with E-state index in [-0.39, 0.29) is 12.4 Å². The van der Waals surface area contributed by atoms with Crippen LogP contribution in [0.15, 0.2) is 47.4 Å². The normalized spacial score (nSPS) is 17.8. The summed E-state index contributed by atoms with van der Waals surface area (Å²) in [6.45, 7) is 2.16. The molecule has 124 valence electrons. The molecular weight excluding hydrogens is 326 g/mol. The predicted molar refractivity (Wildman–Crippen MR) is 102 cm³/mol. The van der Waals surface area contributed by atoms with E-state index in [0.29, 0.717) is 5.92 Å². The van der Waals surface area contributed by atoms with Crippen molar-refractivity contribution in [3.05, 3.63) is 59.2 Å². The Balaban J connectivity index is 0.00000192. The van der Waals surface area contributed by atoms with Crippen molar-refractivity contribution in [3.8, 4) is 5.75 Å². The minimum absolute atomic E-state index is 0. The molecule has 1 aliphatic heterocycles. The van der Waals surface area contributed by atoms with Gasteiger partial charge in [0.1, 0.15) is 5.75 Å². The van der Waals surface area contributed by atoms with E-state index >= 15 is 0 Å². The third-order valence-electron chi connectivity index (χ3n) is 4.48. The van der Waals surface area contributed by atoms with Gasteiger partial charge in [0, 0.05) is 23.9 Å². The molecule has 0 aliphatic carbocycles. The molecular formula is C19H24ClNOS. The molecule has 2 nitrogen and oxygen atoms in total. The molecule has 4 heteroatoms. The largest absolute Gasteiger partial charge is 0.496 e. The van der Waals surface area contributed by atoms with E-state index in [9.17, 15) is 0 Å². The van der Waals surface area contributed by atoms with Crippen molar-refractivity contribution >= 4 is 24.2 Å². The molecule has 0 bridgehead atoms. The molecule has 2 aromatic carbocycles. The second-order valence-electron chi connectivity index (χ2n) is 5.88. The van der Waals surface area contributed by atoms with Crippen LogP contribution in [0.2, 0.25) is 0 Å². The smallest absolute Gasteiger partial charge is 0.132 e. The molecule has 0 radical (unpaired) electrons. The van der Waals surface area contributed by atoms with Crippen molar-refractivity contribution in [2.75, 3.05) is 33.5 Å². The molecule has 0 saturated carbocycles. The van der Waals surface area contributed by atoms with Crippen molar-refractivity contribution in [1.82, 2.24) is 4.90 Å². The van der Waals surface area contributed by atoms with Crippen LogP contribution in [0, 0.1) is 0 Å². The summed E-state index contributed by atoms with van der Waals surface area (Å²) in [5.41, 5.74) is 4.27. The molecule has 0 N–H and O–H groups in total. The fourth-order valence-corrected chi connectivity index (χ4v) is 3.86. The first-order chi connectivity index (χ1) is 10.7. The summed E-state index contributed by atoms with van der Waals surface area (Å²) in [4.78, 5) is 3.67. The van der Waals surface area contributed by atoms with Gasteiger partial charge in [-0.3, -0.25) is 0 Å². The number of likely N-dealkylation sites (N-methyl/N-ethyl adjacent to an activating group) is 1. The summed E-state index contributed by atoms with van der Waals surface area (Å²) in [5, 5.41) is 0. The van der Waals surface area contributed by atoms with E-state index in [1.807, 2.05) is 0 Å². The Morgan fingerprint density at radius 1 is 1.17 bits per heavy atom. The summed E-state index contributed by atoms with van der Waals surface area (Å²) < 4.78 is 5.62. The number of rotatable bonds is 3. The van der Waals surface area contributed by atoms with Gasteiger partial charge >= 0.3 is 0 Å². The lowest BCUT2D eigenvalue weighted by molar-refractivity contribution is 0.338. The predicted octanol–water partition coefficient (Wildman–Crippen LogP) is 4.46. The highest BCUT2D eigenvalue weighted by Crippen LogP contribution is 2.38. The van der Waals surface area contributed by atoms with Crippen molar-refractivity contribution in [2.24, 2.45) is 0 Å². The minimum atomic E-state index is 0. The Bertz CT molecular complexity index is 647. The van der Waals surface area contributed by atoms with Gasteiger partial charge in [0.05, 0.1) is 7.11 Å². The van der Waals surface area contributed by atoms with Crippen molar-refractivity contribution in [3.63, 3.8) is 0 Å². The average molecular weight is 350 g/mol. The zero-order valence-electron chi connectivity index (χ0n) is 13.9. The zero-order chi connectivity index (χ0) is 15.5. The van der Waals surface area contributed by atoms with Gasteiger partial charge in [0.15, 0.2) is 0 Å². The number of hydrogen-bond donors (Lipinski definition) is 0. The van der Waals surface area contributed by atoms with Crippen LogP contribution in [0.5, 0.6) is 5.75 Å². The first-order valence-corrected chi connectivity index (χ1v) is 8.93. The SMILES string of the molecule is COc1cc2c(cc1SC)CCN(C)CC2c1ccccc1.Cl. The maximum atomic E-state index is 5.62. The molecule has 1 heterocycles. The highest BCUT2D eigenvalue weighted by atomic mass is 35.5.